The van der Waals surface area contributed by atoms with E-state index in [1.165, 1.54) is 32.9 Å². The molecular formula is C24H30FN3O5S2. The number of amides is 1. The molecule has 0 aliphatic carbocycles. The Morgan fingerprint density at radius 3 is 1.86 bits per heavy atom. The summed E-state index contributed by atoms with van der Waals surface area (Å²) >= 11 is 0. The summed E-state index contributed by atoms with van der Waals surface area (Å²) in [5, 5.41) is 2.78. The van der Waals surface area contributed by atoms with E-state index in [-0.39, 0.29) is 28.8 Å². The van der Waals surface area contributed by atoms with Gasteiger partial charge in [0.15, 0.2) is 0 Å². The number of halogens is 1. The molecule has 4 rings (SSSR count). The molecule has 190 valence electrons. The highest BCUT2D eigenvalue weighted by Crippen LogP contribution is 2.26. The predicted octanol–water partition coefficient (Wildman–Crippen LogP) is 3.43. The van der Waals surface area contributed by atoms with Crippen molar-refractivity contribution in [3.05, 3.63) is 54.3 Å². The average Bonchev–Trinajstić information content (AvgIpc) is 3.15. The van der Waals surface area contributed by atoms with E-state index in [2.05, 4.69) is 5.32 Å². The van der Waals surface area contributed by atoms with Crippen molar-refractivity contribution < 1.29 is 26.0 Å². The van der Waals surface area contributed by atoms with Crippen LogP contribution in [0, 0.1) is 11.7 Å². The Morgan fingerprint density at radius 2 is 1.26 bits per heavy atom. The van der Waals surface area contributed by atoms with Crippen molar-refractivity contribution in [3.8, 4) is 0 Å². The Bertz CT molecular complexity index is 1240. The monoisotopic (exact) mass is 523 g/mol. The molecule has 2 aromatic carbocycles. The van der Waals surface area contributed by atoms with Gasteiger partial charge in [0.1, 0.15) is 5.82 Å². The normalized spacial score (nSPS) is 20.8. The number of benzene rings is 2. The Morgan fingerprint density at radius 1 is 0.743 bits per heavy atom. The predicted molar refractivity (Wildman–Crippen MR) is 130 cm³/mol. The first-order valence-corrected chi connectivity index (χ1v) is 14.7. The number of hydrogen-bond donors (Lipinski definition) is 1. The van der Waals surface area contributed by atoms with Crippen LogP contribution >= 0.6 is 0 Å². The maximum atomic E-state index is 13.2. The summed E-state index contributed by atoms with van der Waals surface area (Å²) in [6.45, 7) is 1.33. The summed E-state index contributed by atoms with van der Waals surface area (Å²) in [5.74, 6) is -1.41. The van der Waals surface area contributed by atoms with E-state index in [4.69, 9.17) is 0 Å². The summed E-state index contributed by atoms with van der Waals surface area (Å²) in [5.41, 5.74) is 0.448. The van der Waals surface area contributed by atoms with E-state index in [0.717, 1.165) is 37.8 Å². The Hall–Kier alpha value is -2.34. The van der Waals surface area contributed by atoms with Gasteiger partial charge in [-0.25, -0.2) is 21.2 Å². The van der Waals surface area contributed by atoms with Crippen molar-refractivity contribution in [2.45, 2.75) is 48.3 Å². The van der Waals surface area contributed by atoms with Gasteiger partial charge in [0.25, 0.3) is 0 Å². The standard InChI is InChI=1S/C24H30FN3O5S2/c25-20-7-11-22(12-8-20)35(32,33)28-17-5-6-19(18-28)24(29)26-21-9-13-23(14-10-21)34(30,31)27-15-3-1-2-4-16-27/h7-14,19H,1-6,15-18H2,(H,26,29). The zero-order chi connectivity index (χ0) is 25.1. The Balaban J connectivity index is 1.40. The van der Waals surface area contributed by atoms with Crippen molar-refractivity contribution in [3.63, 3.8) is 0 Å². The van der Waals surface area contributed by atoms with E-state index < -0.39 is 31.8 Å². The van der Waals surface area contributed by atoms with Crippen molar-refractivity contribution in [2.75, 3.05) is 31.5 Å². The minimum Gasteiger partial charge on any atom is -0.326 e. The molecule has 1 unspecified atom stereocenters. The van der Waals surface area contributed by atoms with Gasteiger partial charge >= 0.3 is 0 Å². The van der Waals surface area contributed by atoms with E-state index >= 15 is 0 Å². The highest BCUT2D eigenvalue weighted by Gasteiger charge is 2.33. The highest BCUT2D eigenvalue weighted by atomic mass is 32.2. The number of piperidine rings is 1. The molecule has 0 saturated carbocycles. The van der Waals surface area contributed by atoms with Crippen LogP contribution in [0.15, 0.2) is 58.3 Å². The lowest BCUT2D eigenvalue weighted by Crippen LogP contribution is -2.43. The van der Waals surface area contributed by atoms with Crippen LogP contribution in [0.2, 0.25) is 0 Å². The molecule has 11 heteroatoms. The average molecular weight is 524 g/mol. The van der Waals surface area contributed by atoms with Gasteiger partial charge in [0.05, 0.1) is 15.7 Å². The number of sulfonamides is 2. The zero-order valence-electron chi connectivity index (χ0n) is 19.4. The topological polar surface area (TPSA) is 104 Å². The van der Waals surface area contributed by atoms with Crippen molar-refractivity contribution in [1.82, 2.24) is 8.61 Å². The van der Waals surface area contributed by atoms with Crippen LogP contribution in [-0.2, 0) is 24.8 Å². The maximum absolute atomic E-state index is 13.2. The van der Waals surface area contributed by atoms with Crippen molar-refractivity contribution in [1.29, 1.82) is 0 Å². The quantitative estimate of drug-likeness (QED) is 0.625. The van der Waals surface area contributed by atoms with Gasteiger partial charge in [-0.05, 0) is 74.2 Å². The number of nitrogens with one attached hydrogen (secondary N) is 1. The van der Waals surface area contributed by atoms with Gasteiger partial charge in [-0.15, -0.1) is 0 Å². The smallest absolute Gasteiger partial charge is 0.243 e. The fraction of sp³-hybridized carbons (Fsp3) is 0.458. The minimum atomic E-state index is -3.84. The van der Waals surface area contributed by atoms with E-state index in [0.29, 0.717) is 31.6 Å². The summed E-state index contributed by atoms with van der Waals surface area (Å²) in [4.78, 5) is 13.1. The lowest BCUT2D eigenvalue weighted by Gasteiger charge is -2.31. The van der Waals surface area contributed by atoms with Crippen LogP contribution in [0.1, 0.15) is 38.5 Å². The molecule has 2 heterocycles. The third-order valence-corrected chi connectivity index (χ3v) is 10.3. The van der Waals surface area contributed by atoms with Gasteiger partial charge in [-0.1, -0.05) is 12.8 Å². The summed E-state index contributed by atoms with van der Waals surface area (Å²) in [6.07, 6.45) is 4.81. The second-order valence-corrected chi connectivity index (χ2v) is 12.9. The zero-order valence-corrected chi connectivity index (χ0v) is 21.0. The fourth-order valence-electron chi connectivity index (χ4n) is 4.52. The van der Waals surface area contributed by atoms with Crippen molar-refractivity contribution >= 4 is 31.6 Å². The van der Waals surface area contributed by atoms with Crippen LogP contribution in [0.5, 0.6) is 0 Å². The van der Waals surface area contributed by atoms with Crippen LogP contribution < -0.4 is 5.32 Å². The number of nitrogens with zero attached hydrogens (tertiary/aromatic N) is 2. The number of carbonyl (C=O) groups is 1. The van der Waals surface area contributed by atoms with Gasteiger partial charge in [0.2, 0.25) is 26.0 Å². The molecule has 2 aliphatic rings. The van der Waals surface area contributed by atoms with Crippen molar-refractivity contribution in [2.24, 2.45) is 5.92 Å². The number of carbonyl (C=O) groups excluding carboxylic acids is 1. The first-order chi connectivity index (χ1) is 16.7. The molecule has 2 aliphatic heterocycles. The lowest BCUT2D eigenvalue weighted by atomic mass is 9.99. The minimum absolute atomic E-state index is 0.0128. The molecule has 1 N–H and O–H groups in total. The lowest BCUT2D eigenvalue weighted by molar-refractivity contribution is -0.120. The Labute approximate surface area is 206 Å². The maximum Gasteiger partial charge on any atom is 0.243 e. The third-order valence-electron chi connectivity index (χ3n) is 6.53. The van der Waals surface area contributed by atoms with Gasteiger partial charge in [-0.3, -0.25) is 4.79 Å². The summed E-state index contributed by atoms with van der Waals surface area (Å²) in [6, 6.07) is 10.7. The van der Waals surface area contributed by atoms with Gasteiger partial charge < -0.3 is 5.32 Å². The molecule has 0 spiro atoms. The second-order valence-electron chi connectivity index (χ2n) is 8.99. The molecule has 2 fully saturated rings. The fourth-order valence-corrected chi connectivity index (χ4v) is 7.56. The molecule has 2 aromatic rings. The molecule has 35 heavy (non-hydrogen) atoms. The number of anilines is 1. The van der Waals surface area contributed by atoms with Gasteiger partial charge in [-0.2, -0.15) is 8.61 Å². The molecule has 0 aromatic heterocycles. The van der Waals surface area contributed by atoms with E-state index in [1.54, 1.807) is 12.1 Å². The summed E-state index contributed by atoms with van der Waals surface area (Å²) in [7, 11) is -7.42. The van der Waals surface area contributed by atoms with E-state index in [9.17, 15) is 26.0 Å². The van der Waals surface area contributed by atoms with Crippen LogP contribution in [0.3, 0.4) is 0 Å². The molecule has 0 radical (unpaired) electrons. The van der Waals surface area contributed by atoms with Gasteiger partial charge in [0, 0.05) is 31.9 Å². The highest BCUT2D eigenvalue weighted by molar-refractivity contribution is 7.89. The first kappa shape index (κ1) is 25.7. The third kappa shape index (κ3) is 5.91. The Kier molecular flexibility index (Phi) is 7.89. The second kappa shape index (κ2) is 10.7. The molecule has 8 nitrogen and oxygen atoms in total. The molecule has 2 saturated heterocycles. The molecule has 1 amide bonds. The largest absolute Gasteiger partial charge is 0.326 e. The number of rotatable bonds is 6. The van der Waals surface area contributed by atoms with E-state index in [1.807, 2.05) is 0 Å². The number of hydrogen-bond acceptors (Lipinski definition) is 5. The molecule has 1 atom stereocenters. The molecule has 0 bridgehead atoms. The van der Waals surface area contributed by atoms with Crippen LogP contribution in [0.4, 0.5) is 10.1 Å². The first-order valence-electron chi connectivity index (χ1n) is 11.8. The van der Waals surface area contributed by atoms with Crippen LogP contribution in [0.25, 0.3) is 0 Å². The SMILES string of the molecule is O=C(Nc1ccc(S(=O)(=O)N2CCCCCC2)cc1)C1CCCN(S(=O)(=O)c2ccc(F)cc2)C1. The van der Waals surface area contributed by atoms with Crippen LogP contribution in [-0.4, -0.2) is 57.5 Å². The summed E-state index contributed by atoms with van der Waals surface area (Å²) < 4.78 is 67.7. The molecular weight excluding hydrogens is 493 g/mol.